The molecule has 0 saturated heterocycles. The van der Waals surface area contributed by atoms with Crippen molar-refractivity contribution in [2.45, 2.75) is 46.2 Å². The molecule has 2 amide bonds. The first kappa shape index (κ1) is 22.4. The van der Waals surface area contributed by atoms with Gasteiger partial charge in [-0.05, 0) is 46.8 Å². The van der Waals surface area contributed by atoms with E-state index in [0.29, 0.717) is 5.69 Å². The summed E-state index contributed by atoms with van der Waals surface area (Å²) in [6, 6.07) is 6.13. The third-order valence-electron chi connectivity index (χ3n) is 4.38. The van der Waals surface area contributed by atoms with Gasteiger partial charge in [-0.25, -0.2) is 14.2 Å². The number of anilines is 2. The van der Waals surface area contributed by atoms with Gasteiger partial charge in [0.2, 0.25) is 0 Å². The lowest BCUT2D eigenvalue weighted by Crippen LogP contribution is -2.45. The second kappa shape index (κ2) is 8.46. The molecular formula is C21H24FN5O3S. The minimum absolute atomic E-state index is 0.0992. The summed E-state index contributed by atoms with van der Waals surface area (Å²) in [6.45, 7) is 9.02. The van der Waals surface area contributed by atoms with Crippen LogP contribution in [-0.2, 0) is 0 Å². The van der Waals surface area contributed by atoms with Crippen LogP contribution in [0, 0.1) is 5.82 Å². The van der Waals surface area contributed by atoms with E-state index in [2.05, 4.69) is 15.4 Å². The van der Waals surface area contributed by atoms with E-state index in [0.717, 1.165) is 16.2 Å². The van der Waals surface area contributed by atoms with Gasteiger partial charge in [0, 0.05) is 23.3 Å². The van der Waals surface area contributed by atoms with Gasteiger partial charge in [-0.1, -0.05) is 23.5 Å². The van der Waals surface area contributed by atoms with Gasteiger partial charge in [0.1, 0.15) is 15.8 Å². The Hall–Kier alpha value is -3.27. The number of thiazole rings is 1. The highest BCUT2D eigenvalue weighted by Crippen LogP contribution is 2.39. The molecule has 0 atom stereocenters. The molecule has 0 saturated carbocycles. The van der Waals surface area contributed by atoms with E-state index in [1.165, 1.54) is 18.3 Å². The Balaban J connectivity index is 2.09. The number of hydrogen-bond donors (Lipinski definition) is 2. The van der Waals surface area contributed by atoms with Crippen LogP contribution in [0.25, 0.3) is 10.6 Å². The topological polar surface area (TPSA) is 100 Å². The van der Waals surface area contributed by atoms with Gasteiger partial charge >= 0.3 is 6.09 Å². The predicted octanol–water partition coefficient (Wildman–Crippen LogP) is 5.26. The van der Waals surface area contributed by atoms with Crippen LogP contribution < -0.4 is 10.2 Å². The summed E-state index contributed by atoms with van der Waals surface area (Å²) < 4.78 is 16.0. The second-order valence-electron chi connectivity index (χ2n) is 8.20. The minimum Gasteiger partial charge on any atom is -0.465 e. The first-order chi connectivity index (χ1) is 14.5. The highest BCUT2D eigenvalue weighted by molar-refractivity contribution is 7.19. The number of aromatic nitrogens is 3. The van der Waals surface area contributed by atoms with Crippen molar-refractivity contribution in [1.82, 2.24) is 14.8 Å². The second-order valence-corrected chi connectivity index (χ2v) is 9.18. The number of halogens is 1. The lowest BCUT2D eigenvalue weighted by atomic mass is 10.1. The number of amides is 2. The third kappa shape index (κ3) is 4.74. The first-order valence-electron chi connectivity index (χ1n) is 9.63. The summed E-state index contributed by atoms with van der Waals surface area (Å²) in [5.41, 5.74) is -0.317. The molecule has 2 N–H and O–H groups in total. The summed E-state index contributed by atoms with van der Waals surface area (Å²) in [6.07, 6.45) is 1.93. The Kier molecular flexibility index (Phi) is 6.12. The molecule has 0 aliphatic rings. The number of nitrogens with one attached hydrogen (secondary N) is 1. The van der Waals surface area contributed by atoms with Gasteiger partial charge in [0.05, 0.1) is 11.9 Å². The molecule has 0 aliphatic carbocycles. The molecule has 0 unspecified atom stereocenters. The van der Waals surface area contributed by atoms with Crippen LogP contribution in [0.1, 0.15) is 51.1 Å². The summed E-state index contributed by atoms with van der Waals surface area (Å²) in [5.74, 6) is -1.11. The number of hydrogen-bond acceptors (Lipinski definition) is 5. The van der Waals surface area contributed by atoms with E-state index in [1.807, 2.05) is 13.8 Å². The van der Waals surface area contributed by atoms with Crippen LogP contribution in [0.3, 0.4) is 0 Å². The molecular weight excluding hydrogens is 421 g/mol. The zero-order valence-electron chi connectivity index (χ0n) is 17.9. The van der Waals surface area contributed by atoms with Crippen molar-refractivity contribution in [3.05, 3.63) is 48.2 Å². The Morgan fingerprint density at radius 2 is 1.94 bits per heavy atom. The fraction of sp³-hybridized carbons (Fsp3) is 0.333. The molecule has 0 spiro atoms. The molecule has 0 radical (unpaired) electrons. The molecule has 164 valence electrons. The van der Waals surface area contributed by atoms with Crippen LogP contribution in [-0.4, -0.2) is 37.4 Å². The van der Waals surface area contributed by atoms with Gasteiger partial charge < -0.3 is 10.4 Å². The number of rotatable bonds is 5. The van der Waals surface area contributed by atoms with Crippen LogP contribution in [0.4, 0.5) is 19.9 Å². The number of carbonyl (C=O) groups is 2. The molecule has 0 fully saturated rings. The SMILES string of the molecule is CC(C)n1cc(NC(=O)c2nc(-c3ccccc3F)sc2N(C(=O)O)C(C)(C)C)cn1. The average molecular weight is 446 g/mol. The monoisotopic (exact) mass is 445 g/mol. The normalized spacial score (nSPS) is 11.6. The number of benzene rings is 1. The van der Waals surface area contributed by atoms with Crippen LogP contribution in [0.15, 0.2) is 36.7 Å². The molecule has 0 bridgehead atoms. The fourth-order valence-corrected chi connectivity index (χ4v) is 4.19. The molecule has 2 heterocycles. The van der Waals surface area contributed by atoms with E-state index in [4.69, 9.17) is 0 Å². The standard InChI is InChI=1S/C21H24FN5O3S/c1-12(2)26-11-13(10-23-26)24-17(28)16-19(27(20(29)30)21(3,4)5)31-18(25-16)14-8-6-7-9-15(14)22/h6-12H,1-5H3,(H,24,28)(H,29,30). The molecule has 31 heavy (non-hydrogen) atoms. The first-order valence-corrected chi connectivity index (χ1v) is 10.4. The fourth-order valence-electron chi connectivity index (χ4n) is 2.92. The maximum absolute atomic E-state index is 14.4. The zero-order chi connectivity index (χ0) is 22.9. The molecule has 10 heteroatoms. The Morgan fingerprint density at radius 1 is 1.26 bits per heavy atom. The van der Waals surface area contributed by atoms with Gasteiger partial charge in [-0.3, -0.25) is 14.4 Å². The van der Waals surface area contributed by atoms with Crippen molar-refractivity contribution in [2.75, 3.05) is 10.2 Å². The van der Waals surface area contributed by atoms with Crippen molar-refractivity contribution in [3.8, 4) is 10.6 Å². The Morgan fingerprint density at radius 3 is 2.48 bits per heavy atom. The number of carboxylic acid groups (broad SMARTS) is 1. The van der Waals surface area contributed by atoms with Gasteiger partial charge in [-0.2, -0.15) is 5.10 Å². The lowest BCUT2D eigenvalue weighted by Gasteiger charge is -2.32. The van der Waals surface area contributed by atoms with Crippen molar-refractivity contribution in [3.63, 3.8) is 0 Å². The Labute approximate surface area is 183 Å². The highest BCUT2D eigenvalue weighted by atomic mass is 32.1. The molecule has 3 rings (SSSR count). The molecule has 0 aliphatic heterocycles. The maximum atomic E-state index is 14.4. The molecule has 8 nitrogen and oxygen atoms in total. The van der Waals surface area contributed by atoms with E-state index in [9.17, 15) is 19.1 Å². The van der Waals surface area contributed by atoms with Crippen LogP contribution in [0.2, 0.25) is 0 Å². The third-order valence-corrected chi connectivity index (χ3v) is 5.46. The quantitative estimate of drug-likeness (QED) is 0.558. The van der Waals surface area contributed by atoms with Gasteiger partial charge in [-0.15, -0.1) is 0 Å². The average Bonchev–Trinajstić information content (AvgIpc) is 3.28. The van der Waals surface area contributed by atoms with Crippen molar-refractivity contribution < 1.29 is 19.1 Å². The molecule has 3 aromatic rings. The van der Waals surface area contributed by atoms with Crippen LogP contribution in [0.5, 0.6) is 0 Å². The van der Waals surface area contributed by atoms with Crippen molar-refractivity contribution in [2.24, 2.45) is 0 Å². The largest absolute Gasteiger partial charge is 0.465 e. The van der Waals surface area contributed by atoms with E-state index in [1.54, 1.807) is 43.8 Å². The van der Waals surface area contributed by atoms with Gasteiger partial charge in [0.15, 0.2) is 5.69 Å². The summed E-state index contributed by atoms with van der Waals surface area (Å²) in [7, 11) is 0. The van der Waals surface area contributed by atoms with Crippen LogP contribution >= 0.6 is 11.3 Å². The minimum atomic E-state index is -1.24. The molecule has 2 aromatic heterocycles. The van der Waals surface area contributed by atoms with Crippen molar-refractivity contribution in [1.29, 1.82) is 0 Å². The molecule has 1 aromatic carbocycles. The van der Waals surface area contributed by atoms with E-state index < -0.39 is 23.4 Å². The summed E-state index contributed by atoms with van der Waals surface area (Å²) in [4.78, 5) is 30.5. The lowest BCUT2D eigenvalue weighted by molar-refractivity contribution is 0.102. The van der Waals surface area contributed by atoms with E-state index in [-0.39, 0.29) is 27.3 Å². The Bertz CT molecular complexity index is 1120. The smallest absolute Gasteiger partial charge is 0.413 e. The predicted molar refractivity (Wildman–Crippen MR) is 118 cm³/mol. The number of nitrogens with zero attached hydrogens (tertiary/aromatic N) is 4. The summed E-state index contributed by atoms with van der Waals surface area (Å²) in [5, 5.41) is 17.1. The summed E-state index contributed by atoms with van der Waals surface area (Å²) >= 11 is 0.951. The maximum Gasteiger partial charge on any atom is 0.413 e. The zero-order valence-corrected chi connectivity index (χ0v) is 18.7. The number of carbonyl (C=O) groups excluding carboxylic acids is 1. The van der Waals surface area contributed by atoms with E-state index >= 15 is 0 Å². The van der Waals surface area contributed by atoms with Crippen molar-refractivity contribution >= 4 is 34.0 Å². The van der Waals surface area contributed by atoms with Gasteiger partial charge in [0.25, 0.3) is 5.91 Å². The highest BCUT2D eigenvalue weighted by Gasteiger charge is 2.35.